The molecule has 0 bridgehead atoms. The van der Waals surface area contributed by atoms with Crippen LogP contribution in [0.5, 0.6) is 0 Å². The highest BCUT2D eigenvalue weighted by Crippen LogP contribution is 2.18. The predicted octanol–water partition coefficient (Wildman–Crippen LogP) is 3.66. The number of rotatable bonds is 3. The third kappa shape index (κ3) is 4.77. The minimum Gasteiger partial charge on any atom is -0.591 e. The zero-order valence-electron chi connectivity index (χ0n) is 10.0. The minimum absolute atomic E-state index is 0.285. The molecule has 1 rings (SSSR count). The Balaban J connectivity index is 2.65. The monoisotopic (exact) mass is 319 g/mol. The van der Waals surface area contributed by atoms with Crippen LogP contribution >= 0.6 is 15.9 Å². The molecule has 94 valence electrons. The molecule has 0 unspecified atom stereocenters. The van der Waals surface area contributed by atoms with E-state index in [0.29, 0.717) is 16.5 Å². The molecule has 5 heteroatoms. The van der Waals surface area contributed by atoms with Crippen molar-refractivity contribution in [2.24, 2.45) is 4.40 Å². The molecule has 17 heavy (non-hydrogen) atoms. The van der Waals surface area contributed by atoms with Gasteiger partial charge in [-0.3, -0.25) is 0 Å². The fraction of sp³-hybridized carbons (Fsp3) is 0.417. The Kier molecular flexibility index (Phi) is 5.16. The quantitative estimate of drug-likeness (QED) is 0.618. The van der Waals surface area contributed by atoms with Crippen molar-refractivity contribution >= 4 is 33.5 Å². The Morgan fingerprint density at radius 1 is 1.47 bits per heavy atom. The zero-order chi connectivity index (χ0) is 13.1. The van der Waals surface area contributed by atoms with Crippen molar-refractivity contribution in [3.63, 3.8) is 0 Å². The van der Waals surface area contributed by atoms with E-state index in [1.54, 1.807) is 12.1 Å². The first-order chi connectivity index (χ1) is 7.80. The number of halogens is 2. The Hall–Kier alpha value is -0.390. The Bertz CT molecular complexity index is 417. The Labute approximate surface area is 113 Å². The lowest BCUT2D eigenvalue weighted by Gasteiger charge is -2.17. The number of benzene rings is 1. The van der Waals surface area contributed by atoms with Crippen molar-refractivity contribution in [3.05, 3.63) is 34.1 Å². The van der Waals surface area contributed by atoms with Crippen molar-refractivity contribution in [2.75, 3.05) is 0 Å². The molecule has 0 aliphatic rings. The fourth-order valence-corrected chi connectivity index (χ4v) is 1.91. The van der Waals surface area contributed by atoms with E-state index >= 15 is 0 Å². The summed E-state index contributed by atoms with van der Waals surface area (Å²) >= 11 is 1.91. The van der Waals surface area contributed by atoms with Crippen LogP contribution in [0.1, 0.15) is 26.3 Å². The number of hydrogen-bond acceptors (Lipinski definition) is 2. The third-order valence-corrected chi connectivity index (χ3v) is 3.90. The lowest BCUT2D eigenvalue weighted by Crippen LogP contribution is -2.25. The van der Waals surface area contributed by atoms with Gasteiger partial charge in [-0.15, -0.1) is 0 Å². The average molecular weight is 320 g/mol. The van der Waals surface area contributed by atoms with Crippen molar-refractivity contribution in [1.82, 2.24) is 0 Å². The van der Waals surface area contributed by atoms with E-state index in [2.05, 4.69) is 20.3 Å². The third-order valence-electron chi connectivity index (χ3n) is 2.02. The standard InChI is InChI=1S/C12H15BrFNOS/c1-12(2,3)17(16)15-7-6-9-4-5-10(13)8-11(9)14/h4-5,7-8H,6H2,1-3H3/b15-7+/t17-/m1/s1. The van der Waals surface area contributed by atoms with Gasteiger partial charge in [0.25, 0.3) is 0 Å². The Morgan fingerprint density at radius 3 is 2.65 bits per heavy atom. The van der Waals surface area contributed by atoms with E-state index in [4.69, 9.17) is 0 Å². The first kappa shape index (κ1) is 14.7. The maximum absolute atomic E-state index is 13.4. The highest BCUT2D eigenvalue weighted by atomic mass is 79.9. The van der Waals surface area contributed by atoms with Crippen LogP contribution in [-0.4, -0.2) is 15.5 Å². The highest BCUT2D eigenvalue weighted by Gasteiger charge is 2.25. The first-order valence-electron chi connectivity index (χ1n) is 5.19. The molecule has 0 fully saturated rings. The molecular weight excluding hydrogens is 305 g/mol. The molecule has 1 atom stereocenters. The van der Waals surface area contributed by atoms with Gasteiger partial charge in [0, 0.05) is 10.9 Å². The van der Waals surface area contributed by atoms with Gasteiger partial charge >= 0.3 is 0 Å². The van der Waals surface area contributed by atoms with E-state index in [-0.39, 0.29) is 10.6 Å². The summed E-state index contributed by atoms with van der Waals surface area (Å²) < 4.78 is 29.3. The van der Waals surface area contributed by atoms with Gasteiger partial charge in [0.15, 0.2) is 0 Å². The van der Waals surface area contributed by atoms with E-state index in [9.17, 15) is 8.94 Å². The molecule has 0 spiro atoms. The summed E-state index contributed by atoms with van der Waals surface area (Å²) in [6.45, 7) is 5.54. The van der Waals surface area contributed by atoms with Crippen LogP contribution in [0.3, 0.4) is 0 Å². The van der Waals surface area contributed by atoms with E-state index in [1.807, 2.05) is 20.8 Å². The lowest BCUT2D eigenvalue weighted by molar-refractivity contribution is 0.561. The van der Waals surface area contributed by atoms with E-state index in [1.165, 1.54) is 12.3 Å². The number of nitrogens with zero attached hydrogens (tertiary/aromatic N) is 1. The van der Waals surface area contributed by atoms with Crippen LogP contribution in [0.2, 0.25) is 0 Å². The summed E-state index contributed by atoms with van der Waals surface area (Å²) in [7, 11) is 0. The van der Waals surface area contributed by atoms with Gasteiger partial charge in [-0.25, -0.2) is 4.39 Å². The summed E-state index contributed by atoms with van der Waals surface area (Å²) in [5.74, 6) is -0.285. The molecule has 0 N–H and O–H groups in total. The topological polar surface area (TPSA) is 35.4 Å². The summed E-state index contributed by atoms with van der Waals surface area (Å²) in [5.41, 5.74) is 0.544. The second-order valence-electron chi connectivity index (χ2n) is 4.59. The molecule has 0 aromatic heterocycles. The van der Waals surface area contributed by atoms with Crippen molar-refractivity contribution in [1.29, 1.82) is 0 Å². The molecule has 0 aliphatic carbocycles. The molecule has 0 heterocycles. The van der Waals surface area contributed by atoms with Crippen LogP contribution in [0.15, 0.2) is 27.1 Å². The minimum atomic E-state index is -1.28. The fourth-order valence-electron chi connectivity index (χ4n) is 1.05. The van der Waals surface area contributed by atoms with Gasteiger partial charge in [-0.05, 0) is 38.5 Å². The smallest absolute Gasteiger partial charge is 0.144 e. The SMILES string of the molecule is CC(C)(C)[S@@+]([O-])/N=C/Cc1ccc(Br)cc1F. The maximum atomic E-state index is 13.4. The highest BCUT2D eigenvalue weighted by molar-refractivity contribution is 9.10. The second kappa shape index (κ2) is 5.98. The largest absolute Gasteiger partial charge is 0.591 e. The van der Waals surface area contributed by atoms with Crippen LogP contribution in [0.25, 0.3) is 0 Å². The van der Waals surface area contributed by atoms with Crippen LogP contribution < -0.4 is 0 Å². The van der Waals surface area contributed by atoms with E-state index < -0.39 is 11.4 Å². The van der Waals surface area contributed by atoms with Gasteiger partial charge in [0.1, 0.15) is 21.9 Å². The summed E-state index contributed by atoms with van der Waals surface area (Å²) in [6, 6.07) is 4.86. The van der Waals surface area contributed by atoms with Gasteiger partial charge in [-0.2, -0.15) is 0 Å². The average Bonchev–Trinajstić information content (AvgIpc) is 2.19. The normalized spacial score (nSPS) is 14.2. The summed E-state index contributed by atoms with van der Waals surface area (Å²) in [6.07, 6.45) is 1.86. The van der Waals surface area contributed by atoms with Crippen molar-refractivity contribution in [2.45, 2.75) is 31.9 Å². The van der Waals surface area contributed by atoms with Gasteiger partial charge in [-0.1, -0.05) is 26.4 Å². The lowest BCUT2D eigenvalue weighted by atomic mass is 10.1. The second-order valence-corrected chi connectivity index (χ2v) is 7.44. The van der Waals surface area contributed by atoms with Crippen molar-refractivity contribution in [3.8, 4) is 0 Å². The van der Waals surface area contributed by atoms with Gasteiger partial charge < -0.3 is 4.55 Å². The van der Waals surface area contributed by atoms with E-state index in [0.717, 1.165) is 0 Å². The molecule has 0 aliphatic heterocycles. The molecule has 2 nitrogen and oxygen atoms in total. The van der Waals surface area contributed by atoms with Crippen LogP contribution in [0, 0.1) is 5.82 Å². The summed E-state index contributed by atoms with van der Waals surface area (Å²) in [4.78, 5) is 0. The van der Waals surface area contributed by atoms with Crippen molar-refractivity contribution < 1.29 is 8.94 Å². The molecule has 1 aromatic carbocycles. The molecule has 0 amide bonds. The van der Waals surface area contributed by atoms with Crippen LogP contribution in [0.4, 0.5) is 4.39 Å². The molecule has 0 saturated heterocycles. The molecular formula is C12H15BrFNOS. The van der Waals surface area contributed by atoms with Crippen LogP contribution in [-0.2, 0) is 17.8 Å². The van der Waals surface area contributed by atoms with Gasteiger partial charge in [0.2, 0.25) is 0 Å². The molecule has 0 saturated carbocycles. The summed E-state index contributed by atoms with van der Waals surface area (Å²) in [5, 5.41) is 0. The Morgan fingerprint density at radius 2 is 2.12 bits per heavy atom. The predicted molar refractivity (Wildman–Crippen MR) is 74.2 cm³/mol. The molecule has 0 radical (unpaired) electrons. The van der Waals surface area contributed by atoms with Gasteiger partial charge in [0.05, 0.1) is 6.21 Å². The zero-order valence-corrected chi connectivity index (χ0v) is 12.4. The first-order valence-corrected chi connectivity index (χ1v) is 7.09. The maximum Gasteiger partial charge on any atom is 0.144 e. The number of hydrogen-bond donors (Lipinski definition) is 0. The molecule has 1 aromatic rings.